The van der Waals surface area contributed by atoms with E-state index in [1.165, 1.54) is 0 Å². The lowest BCUT2D eigenvalue weighted by molar-refractivity contribution is 0.686. The SMILES string of the molecule is CCCNCN=[N+]=[N-]. The molecule has 0 saturated heterocycles. The van der Waals surface area contributed by atoms with Gasteiger partial charge in [-0.2, -0.15) is 0 Å². The first-order valence-electron chi connectivity index (χ1n) is 2.63. The normalized spacial score (nSPS) is 8.12. The Hall–Kier alpha value is -0.730. The molecular formula is C4H10N4. The summed E-state index contributed by atoms with van der Waals surface area (Å²) in [6.45, 7) is 3.38. The average molecular weight is 114 g/mol. The molecule has 8 heavy (non-hydrogen) atoms. The lowest BCUT2D eigenvalue weighted by Gasteiger charge is -1.92. The van der Waals surface area contributed by atoms with Crippen molar-refractivity contribution in [1.82, 2.24) is 5.32 Å². The summed E-state index contributed by atoms with van der Waals surface area (Å²) in [4.78, 5) is 2.57. The van der Waals surface area contributed by atoms with E-state index in [2.05, 4.69) is 22.3 Å². The molecule has 0 saturated carbocycles. The summed E-state index contributed by atoms with van der Waals surface area (Å²) < 4.78 is 0. The second-order valence-electron chi connectivity index (χ2n) is 1.39. The Labute approximate surface area is 48.5 Å². The predicted octanol–water partition coefficient (Wildman–Crippen LogP) is 1.25. The minimum absolute atomic E-state index is 0.407. The Bertz CT molecular complexity index is 84.0. The van der Waals surface area contributed by atoms with Crippen molar-refractivity contribution in [3.63, 3.8) is 0 Å². The van der Waals surface area contributed by atoms with Crippen molar-refractivity contribution in [1.29, 1.82) is 0 Å². The number of rotatable bonds is 4. The minimum Gasteiger partial charge on any atom is -0.311 e. The molecule has 46 valence electrons. The molecule has 0 fully saturated rings. The standard InChI is InChI=1S/C4H10N4/c1-2-3-6-4-7-8-5/h6H,2-4H2,1H3. The van der Waals surface area contributed by atoms with Gasteiger partial charge in [-0.05, 0) is 18.5 Å². The van der Waals surface area contributed by atoms with Crippen molar-refractivity contribution < 1.29 is 0 Å². The van der Waals surface area contributed by atoms with Gasteiger partial charge in [-0.1, -0.05) is 12.0 Å². The van der Waals surface area contributed by atoms with Crippen LogP contribution in [0.25, 0.3) is 10.4 Å². The quantitative estimate of drug-likeness (QED) is 0.254. The molecular weight excluding hydrogens is 104 g/mol. The number of nitrogens with zero attached hydrogens (tertiary/aromatic N) is 3. The zero-order valence-corrected chi connectivity index (χ0v) is 4.96. The maximum absolute atomic E-state index is 7.78. The van der Waals surface area contributed by atoms with Crippen LogP contribution in [0.2, 0.25) is 0 Å². The van der Waals surface area contributed by atoms with Crippen molar-refractivity contribution in [3.05, 3.63) is 10.4 Å². The van der Waals surface area contributed by atoms with Crippen LogP contribution in [0.5, 0.6) is 0 Å². The van der Waals surface area contributed by atoms with E-state index < -0.39 is 0 Å². The fourth-order valence-corrected chi connectivity index (χ4v) is 0.337. The van der Waals surface area contributed by atoms with E-state index in [4.69, 9.17) is 5.53 Å². The van der Waals surface area contributed by atoms with Gasteiger partial charge in [-0.15, -0.1) is 0 Å². The Morgan fingerprint density at radius 2 is 2.50 bits per heavy atom. The predicted molar refractivity (Wildman–Crippen MR) is 32.3 cm³/mol. The van der Waals surface area contributed by atoms with Gasteiger partial charge in [0, 0.05) is 4.91 Å². The van der Waals surface area contributed by atoms with Crippen LogP contribution in [0, 0.1) is 0 Å². The molecule has 4 heteroatoms. The van der Waals surface area contributed by atoms with Crippen LogP contribution in [0.3, 0.4) is 0 Å². The second kappa shape index (κ2) is 6.27. The molecule has 0 amide bonds. The molecule has 0 aliphatic rings. The van der Waals surface area contributed by atoms with Crippen molar-refractivity contribution in [3.8, 4) is 0 Å². The number of hydrogen-bond donors (Lipinski definition) is 1. The molecule has 0 bridgehead atoms. The molecule has 0 aliphatic carbocycles. The maximum Gasteiger partial charge on any atom is 0.0746 e. The van der Waals surface area contributed by atoms with Crippen LogP contribution in [0.4, 0.5) is 0 Å². The van der Waals surface area contributed by atoms with E-state index in [1.54, 1.807) is 0 Å². The Morgan fingerprint density at radius 3 is 3.00 bits per heavy atom. The molecule has 4 nitrogen and oxygen atoms in total. The highest BCUT2D eigenvalue weighted by Crippen LogP contribution is 1.69. The molecule has 0 aromatic rings. The Morgan fingerprint density at radius 1 is 1.75 bits per heavy atom. The van der Waals surface area contributed by atoms with Gasteiger partial charge in [0.2, 0.25) is 0 Å². The minimum atomic E-state index is 0.407. The summed E-state index contributed by atoms with van der Waals surface area (Å²) >= 11 is 0. The third-order valence-corrected chi connectivity index (χ3v) is 0.673. The summed E-state index contributed by atoms with van der Waals surface area (Å²) in [5.41, 5.74) is 7.78. The highest BCUT2D eigenvalue weighted by Gasteiger charge is 1.75. The van der Waals surface area contributed by atoms with Gasteiger partial charge in [0.1, 0.15) is 0 Å². The molecule has 0 spiro atoms. The van der Waals surface area contributed by atoms with Gasteiger partial charge >= 0.3 is 0 Å². The van der Waals surface area contributed by atoms with Gasteiger partial charge in [0.15, 0.2) is 0 Å². The third-order valence-electron chi connectivity index (χ3n) is 0.673. The monoisotopic (exact) mass is 114 g/mol. The fraction of sp³-hybridized carbons (Fsp3) is 1.00. The van der Waals surface area contributed by atoms with Gasteiger partial charge < -0.3 is 5.32 Å². The zero-order valence-electron chi connectivity index (χ0n) is 4.96. The number of nitrogens with one attached hydrogen (secondary N) is 1. The molecule has 0 atom stereocenters. The molecule has 0 rings (SSSR count). The summed E-state index contributed by atoms with van der Waals surface area (Å²) in [5.74, 6) is 0. The number of azide groups is 1. The van der Waals surface area contributed by atoms with Crippen molar-refractivity contribution in [2.75, 3.05) is 13.2 Å². The van der Waals surface area contributed by atoms with Crippen molar-refractivity contribution in [2.45, 2.75) is 13.3 Å². The number of hydrogen-bond acceptors (Lipinski definition) is 2. The molecule has 0 aromatic carbocycles. The summed E-state index contributed by atoms with van der Waals surface area (Å²) in [7, 11) is 0. The molecule has 1 N–H and O–H groups in total. The topological polar surface area (TPSA) is 60.8 Å². The van der Waals surface area contributed by atoms with Crippen LogP contribution < -0.4 is 5.32 Å². The smallest absolute Gasteiger partial charge is 0.0746 e. The Balaban J connectivity index is 2.82. The molecule has 0 heterocycles. The fourth-order valence-electron chi connectivity index (χ4n) is 0.337. The first kappa shape index (κ1) is 7.27. The Kier molecular flexibility index (Phi) is 5.70. The summed E-state index contributed by atoms with van der Waals surface area (Å²) in [6, 6.07) is 0. The summed E-state index contributed by atoms with van der Waals surface area (Å²) in [5, 5.41) is 6.19. The van der Waals surface area contributed by atoms with Gasteiger partial charge in [-0.25, -0.2) is 0 Å². The first-order valence-corrected chi connectivity index (χ1v) is 2.63. The first-order chi connectivity index (χ1) is 3.91. The van der Waals surface area contributed by atoms with Crippen LogP contribution in [-0.2, 0) is 0 Å². The van der Waals surface area contributed by atoms with Crippen LogP contribution >= 0.6 is 0 Å². The van der Waals surface area contributed by atoms with Crippen LogP contribution in [0.1, 0.15) is 13.3 Å². The molecule has 0 aliphatic heterocycles. The molecule has 0 radical (unpaired) electrons. The van der Waals surface area contributed by atoms with Crippen molar-refractivity contribution in [2.24, 2.45) is 5.11 Å². The van der Waals surface area contributed by atoms with E-state index in [9.17, 15) is 0 Å². The lowest BCUT2D eigenvalue weighted by atomic mass is 10.5. The third kappa shape index (κ3) is 5.27. The highest BCUT2D eigenvalue weighted by molar-refractivity contribution is 4.43. The largest absolute Gasteiger partial charge is 0.311 e. The van der Waals surface area contributed by atoms with Crippen molar-refractivity contribution >= 4 is 0 Å². The zero-order chi connectivity index (χ0) is 6.24. The van der Waals surface area contributed by atoms with E-state index in [0.29, 0.717) is 6.67 Å². The maximum atomic E-state index is 7.78. The highest BCUT2D eigenvalue weighted by atomic mass is 15.2. The molecule has 0 aromatic heterocycles. The summed E-state index contributed by atoms with van der Waals surface area (Å²) in [6.07, 6.45) is 1.07. The van der Waals surface area contributed by atoms with E-state index >= 15 is 0 Å². The second-order valence-corrected chi connectivity index (χ2v) is 1.39. The molecule has 0 unspecified atom stereocenters. The lowest BCUT2D eigenvalue weighted by Crippen LogP contribution is -2.13. The van der Waals surface area contributed by atoms with Crippen LogP contribution in [0.15, 0.2) is 5.11 Å². The van der Waals surface area contributed by atoms with Gasteiger partial charge in [-0.3, -0.25) is 0 Å². The van der Waals surface area contributed by atoms with Gasteiger partial charge in [0.25, 0.3) is 0 Å². The van der Waals surface area contributed by atoms with E-state index in [1.807, 2.05) is 0 Å². The van der Waals surface area contributed by atoms with E-state index in [-0.39, 0.29) is 0 Å². The van der Waals surface area contributed by atoms with E-state index in [0.717, 1.165) is 13.0 Å². The average Bonchev–Trinajstić information content (AvgIpc) is 1.81. The van der Waals surface area contributed by atoms with Crippen LogP contribution in [-0.4, -0.2) is 13.2 Å². The van der Waals surface area contributed by atoms with Gasteiger partial charge in [0.05, 0.1) is 6.67 Å².